The van der Waals surface area contributed by atoms with E-state index in [-0.39, 0.29) is 0 Å². The summed E-state index contributed by atoms with van der Waals surface area (Å²) in [6.07, 6.45) is 3.76. The number of fused-ring (bicyclic) bond motifs is 1. The summed E-state index contributed by atoms with van der Waals surface area (Å²) in [5.41, 5.74) is 6.22. The summed E-state index contributed by atoms with van der Waals surface area (Å²) < 4.78 is 28.4. The Bertz CT molecular complexity index is 1250. The number of aliphatic imine (C=N–C) groups is 1. The first kappa shape index (κ1) is 19.9. The van der Waals surface area contributed by atoms with Crippen molar-refractivity contribution in [2.24, 2.45) is 4.99 Å². The predicted octanol–water partition coefficient (Wildman–Crippen LogP) is 6.92. The quantitative estimate of drug-likeness (QED) is 0.258. The molecule has 0 unspecified atom stereocenters. The number of thiocarbonyl (C=S) groups is 1. The summed E-state index contributed by atoms with van der Waals surface area (Å²) in [5.74, 6) is 4.93. The summed E-state index contributed by atoms with van der Waals surface area (Å²) in [6, 6.07) is 16.5. The maximum Gasteiger partial charge on any atom is 0.153 e. The van der Waals surface area contributed by atoms with Crippen molar-refractivity contribution < 1.29 is 8.78 Å². The van der Waals surface area contributed by atoms with Crippen molar-refractivity contribution in [2.75, 3.05) is 0 Å². The van der Waals surface area contributed by atoms with Gasteiger partial charge in [0.2, 0.25) is 0 Å². The Hall–Kier alpha value is -3.38. The molecule has 0 heterocycles. The molecule has 0 saturated carbocycles. The Morgan fingerprint density at radius 2 is 1.67 bits per heavy atom. The van der Waals surface area contributed by atoms with Crippen LogP contribution in [0.3, 0.4) is 0 Å². The van der Waals surface area contributed by atoms with E-state index in [2.05, 4.69) is 54.2 Å². The van der Waals surface area contributed by atoms with Gasteiger partial charge in [-0.25, -0.2) is 8.78 Å². The highest BCUT2D eigenvalue weighted by atomic mass is 32.1. The van der Waals surface area contributed by atoms with E-state index in [1.54, 1.807) is 0 Å². The Labute approximate surface area is 179 Å². The molecule has 0 radical (unpaired) electrons. The molecule has 146 valence electrons. The van der Waals surface area contributed by atoms with Crippen LogP contribution in [0.5, 0.6) is 0 Å². The molecule has 0 aliphatic heterocycles. The maximum atomic E-state index is 14.2. The van der Waals surface area contributed by atoms with Gasteiger partial charge >= 0.3 is 0 Å². The van der Waals surface area contributed by atoms with Gasteiger partial charge in [-0.3, -0.25) is 0 Å². The maximum absolute atomic E-state index is 14.2. The number of benzene rings is 3. The number of hydrogen-bond acceptors (Lipinski definition) is 2. The lowest BCUT2D eigenvalue weighted by Gasteiger charge is -2.07. The molecule has 0 atom stereocenters. The molecule has 0 fully saturated rings. The second-order valence-corrected chi connectivity index (χ2v) is 7.23. The third-order valence-corrected chi connectivity index (χ3v) is 5.18. The SMILES string of the molecule is CCc1ccc(C#CC2=Cc3ccc(-c4cc(F)c(N=C=S)c(F)c4)cc3C2)cc1. The number of hydrogen-bond donors (Lipinski definition) is 0. The number of rotatable bonds is 3. The molecule has 0 bridgehead atoms. The third kappa shape index (κ3) is 4.14. The summed E-state index contributed by atoms with van der Waals surface area (Å²) in [6.45, 7) is 2.13. The van der Waals surface area contributed by atoms with Crippen molar-refractivity contribution in [1.82, 2.24) is 0 Å². The van der Waals surface area contributed by atoms with Crippen molar-refractivity contribution >= 4 is 29.1 Å². The van der Waals surface area contributed by atoms with E-state index < -0.39 is 17.3 Å². The molecule has 4 rings (SSSR count). The highest BCUT2D eigenvalue weighted by molar-refractivity contribution is 7.78. The van der Waals surface area contributed by atoms with Crippen molar-refractivity contribution in [3.63, 3.8) is 0 Å². The Balaban J connectivity index is 1.57. The van der Waals surface area contributed by atoms with Crippen LogP contribution >= 0.6 is 12.2 Å². The molecule has 3 aromatic carbocycles. The van der Waals surface area contributed by atoms with Crippen LogP contribution in [-0.2, 0) is 12.8 Å². The lowest BCUT2D eigenvalue weighted by atomic mass is 9.99. The van der Waals surface area contributed by atoms with Crippen LogP contribution in [-0.4, -0.2) is 5.16 Å². The van der Waals surface area contributed by atoms with Gasteiger partial charge in [0.05, 0.1) is 5.16 Å². The van der Waals surface area contributed by atoms with E-state index in [0.717, 1.165) is 34.2 Å². The Morgan fingerprint density at radius 1 is 0.933 bits per heavy atom. The summed E-state index contributed by atoms with van der Waals surface area (Å²) in [5, 5.41) is 2.00. The summed E-state index contributed by atoms with van der Waals surface area (Å²) in [4.78, 5) is 3.45. The largest absolute Gasteiger partial charge is 0.204 e. The van der Waals surface area contributed by atoms with E-state index in [4.69, 9.17) is 0 Å². The van der Waals surface area contributed by atoms with Crippen molar-refractivity contribution in [2.45, 2.75) is 19.8 Å². The monoisotopic (exact) mass is 413 g/mol. The predicted molar refractivity (Wildman–Crippen MR) is 121 cm³/mol. The molecule has 1 nitrogen and oxygen atoms in total. The fraction of sp³-hybridized carbons (Fsp3) is 0.115. The minimum atomic E-state index is -0.762. The normalized spacial score (nSPS) is 11.8. The second-order valence-electron chi connectivity index (χ2n) is 7.05. The van der Waals surface area contributed by atoms with E-state index >= 15 is 0 Å². The smallest absolute Gasteiger partial charge is 0.153 e. The first-order chi connectivity index (χ1) is 14.6. The highest BCUT2D eigenvalue weighted by Gasteiger charge is 2.15. The second kappa shape index (κ2) is 8.55. The first-order valence-electron chi connectivity index (χ1n) is 9.59. The standard InChI is InChI=1S/C26H17F2NS/c1-2-17-3-5-18(6-4-17)7-8-19-11-20-9-10-21(13-22(20)12-19)23-14-24(27)26(29-16-30)25(28)15-23/h3-6,9-11,13-15H,2,12H2,1H3. The van der Waals surface area contributed by atoms with Gasteiger partial charge < -0.3 is 0 Å². The average Bonchev–Trinajstić information content (AvgIpc) is 3.17. The summed E-state index contributed by atoms with van der Waals surface area (Å²) in [7, 11) is 0. The molecule has 0 spiro atoms. The number of isothiocyanates is 1. The zero-order valence-corrected chi connectivity index (χ0v) is 17.1. The van der Waals surface area contributed by atoms with Gasteiger partial charge in [-0.1, -0.05) is 49.1 Å². The van der Waals surface area contributed by atoms with Gasteiger partial charge in [0.15, 0.2) is 11.6 Å². The van der Waals surface area contributed by atoms with Gasteiger partial charge in [0, 0.05) is 17.6 Å². The van der Waals surface area contributed by atoms with Crippen LogP contribution in [0.15, 0.2) is 65.2 Å². The number of allylic oxidation sites excluding steroid dienone is 1. The van der Waals surface area contributed by atoms with Crippen LogP contribution in [0.1, 0.15) is 29.2 Å². The molecular weight excluding hydrogens is 396 g/mol. The highest BCUT2D eigenvalue weighted by Crippen LogP contribution is 2.33. The van der Waals surface area contributed by atoms with E-state index in [9.17, 15) is 8.78 Å². The first-order valence-corrected chi connectivity index (χ1v) is 10.00. The molecule has 0 amide bonds. The van der Waals surface area contributed by atoms with Crippen molar-refractivity contribution in [1.29, 1.82) is 0 Å². The fourth-order valence-corrected chi connectivity index (χ4v) is 3.56. The van der Waals surface area contributed by atoms with Crippen molar-refractivity contribution in [3.8, 4) is 23.0 Å². The fourth-order valence-electron chi connectivity index (χ4n) is 3.46. The van der Waals surface area contributed by atoms with Gasteiger partial charge in [0.1, 0.15) is 5.69 Å². The average molecular weight is 413 g/mol. The third-order valence-electron chi connectivity index (χ3n) is 5.09. The molecule has 4 heteroatoms. The van der Waals surface area contributed by atoms with E-state index in [1.165, 1.54) is 17.7 Å². The van der Waals surface area contributed by atoms with Gasteiger partial charge in [-0.05, 0) is 76.8 Å². The Kier molecular flexibility index (Phi) is 5.68. The van der Waals surface area contributed by atoms with Crippen LogP contribution in [0.25, 0.3) is 17.2 Å². The van der Waals surface area contributed by atoms with Gasteiger partial charge in [-0.15, -0.1) is 0 Å². The van der Waals surface area contributed by atoms with E-state index in [1.807, 2.05) is 35.5 Å². The molecule has 1 aliphatic rings. The molecule has 1 aliphatic carbocycles. The number of aryl methyl sites for hydroxylation is 1. The molecular formula is C26H17F2NS. The van der Waals surface area contributed by atoms with Gasteiger partial charge in [-0.2, -0.15) is 4.99 Å². The number of halogens is 2. The zero-order valence-electron chi connectivity index (χ0n) is 16.3. The molecule has 3 aromatic rings. The topological polar surface area (TPSA) is 12.4 Å². The molecule has 0 N–H and O–H groups in total. The van der Waals surface area contributed by atoms with Crippen LogP contribution in [0, 0.1) is 23.5 Å². The van der Waals surface area contributed by atoms with Crippen molar-refractivity contribution in [3.05, 3.63) is 94.1 Å². The molecule has 0 aromatic heterocycles. The Morgan fingerprint density at radius 3 is 2.33 bits per heavy atom. The van der Waals surface area contributed by atoms with Crippen LogP contribution in [0.2, 0.25) is 0 Å². The molecule has 30 heavy (non-hydrogen) atoms. The van der Waals surface area contributed by atoms with E-state index in [0.29, 0.717) is 12.0 Å². The minimum Gasteiger partial charge on any atom is -0.204 e. The number of nitrogens with zero attached hydrogens (tertiary/aromatic N) is 1. The lowest BCUT2D eigenvalue weighted by Crippen LogP contribution is -1.89. The molecule has 0 saturated heterocycles. The zero-order chi connectivity index (χ0) is 21.1. The minimum absolute atomic E-state index is 0.416. The van der Waals surface area contributed by atoms with Crippen LogP contribution < -0.4 is 0 Å². The van der Waals surface area contributed by atoms with Crippen LogP contribution in [0.4, 0.5) is 14.5 Å². The van der Waals surface area contributed by atoms with Gasteiger partial charge in [0.25, 0.3) is 0 Å². The summed E-state index contributed by atoms with van der Waals surface area (Å²) >= 11 is 4.44. The lowest BCUT2D eigenvalue weighted by molar-refractivity contribution is 0.588.